The summed E-state index contributed by atoms with van der Waals surface area (Å²) in [4.78, 5) is 12.9. The fraction of sp³-hybridized carbons (Fsp3) is 0.280. The Morgan fingerprint density at radius 2 is 1.76 bits per heavy atom. The lowest BCUT2D eigenvalue weighted by molar-refractivity contribution is 0.0513. The highest BCUT2D eigenvalue weighted by Crippen LogP contribution is 2.36. The molecule has 0 aliphatic heterocycles. The summed E-state index contributed by atoms with van der Waals surface area (Å²) in [5.74, 6) is -0.386. The van der Waals surface area contributed by atoms with Crippen LogP contribution in [0, 0.1) is 22.7 Å². The average molecular weight is 444 g/mol. The van der Waals surface area contributed by atoms with Crippen molar-refractivity contribution in [1.29, 1.82) is 10.5 Å². The van der Waals surface area contributed by atoms with Crippen LogP contribution in [0.5, 0.6) is 5.75 Å². The third-order valence-electron chi connectivity index (χ3n) is 5.14. The summed E-state index contributed by atoms with van der Waals surface area (Å²) in [6.45, 7) is 5.66. The molecule has 0 amide bonds. The summed E-state index contributed by atoms with van der Waals surface area (Å²) in [6, 6.07) is 15.5. The van der Waals surface area contributed by atoms with Crippen LogP contribution in [-0.2, 0) is 4.74 Å². The van der Waals surface area contributed by atoms with E-state index in [4.69, 9.17) is 14.7 Å². The number of rotatable bonds is 7. The van der Waals surface area contributed by atoms with Crippen LogP contribution in [0.15, 0.2) is 42.5 Å². The standard InChI is InChI=1S/C25H24N4O4/c1-5-33-25(31)22-21(24(30)18-9-6-16(13-26)7-10-18)23(15(2)3)29(28-22)19-12-17(14-27)8-11-20(19)32-4/h6-12,15,24,30H,5H2,1-4H3. The van der Waals surface area contributed by atoms with Crippen LogP contribution in [0.25, 0.3) is 5.69 Å². The minimum Gasteiger partial charge on any atom is -0.494 e. The van der Waals surface area contributed by atoms with Gasteiger partial charge in [-0.3, -0.25) is 0 Å². The largest absolute Gasteiger partial charge is 0.494 e. The highest BCUT2D eigenvalue weighted by molar-refractivity contribution is 5.90. The molecule has 0 aliphatic carbocycles. The fourth-order valence-electron chi connectivity index (χ4n) is 3.63. The van der Waals surface area contributed by atoms with Crippen LogP contribution in [-0.4, -0.2) is 34.6 Å². The molecule has 0 aliphatic rings. The van der Waals surface area contributed by atoms with Crippen molar-refractivity contribution in [3.63, 3.8) is 0 Å². The Morgan fingerprint density at radius 3 is 2.30 bits per heavy atom. The van der Waals surface area contributed by atoms with E-state index in [1.807, 2.05) is 19.9 Å². The molecule has 8 nitrogen and oxygen atoms in total. The lowest BCUT2D eigenvalue weighted by Gasteiger charge is -2.18. The summed E-state index contributed by atoms with van der Waals surface area (Å²) in [5, 5.41) is 34.3. The molecule has 1 atom stereocenters. The van der Waals surface area contributed by atoms with Crippen molar-refractivity contribution < 1.29 is 19.4 Å². The van der Waals surface area contributed by atoms with Crippen LogP contribution in [0.3, 0.4) is 0 Å². The molecule has 1 unspecified atom stereocenters. The average Bonchev–Trinajstić information content (AvgIpc) is 3.24. The number of ether oxygens (including phenoxy) is 2. The Balaban J connectivity index is 2.32. The Kier molecular flexibility index (Phi) is 7.12. The van der Waals surface area contributed by atoms with E-state index < -0.39 is 12.1 Å². The lowest BCUT2D eigenvalue weighted by Crippen LogP contribution is -2.12. The van der Waals surface area contributed by atoms with E-state index in [-0.39, 0.29) is 18.2 Å². The predicted molar refractivity (Wildman–Crippen MR) is 120 cm³/mol. The molecule has 0 radical (unpaired) electrons. The van der Waals surface area contributed by atoms with Crippen LogP contribution >= 0.6 is 0 Å². The first-order valence-corrected chi connectivity index (χ1v) is 10.4. The zero-order chi connectivity index (χ0) is 24.1. The van der Waals surface area contributed by atoms with Gasteiger partial charge in [-0.1, -0.05) is 26.0 Å². The van der Waals surface area contributed by atoms with Crippen molar-refractivity contribution >= 4 is 5.97 Å². The number of carbonyl (C=O) groups excluding carboxylic acids is 1. The van der Waals surface area contributed by atoms with Crippen LogP contribution < -0.4 is 4.74 Å². The van der Waals surface area contributed by atoms with Gasteiger partial charge in [-0.2, -0.15) is 15.6 Å². The van der Waals surface area contributed by atoms with Gasteiger partial charge in [0.15, 0.2) is 5.69 Å². The molecule has 168 valence electrons. The van der Waals surface area contributed by atoms with E-state index >= 15 is 0 Å². The van der Waals surface area contributed by atoms with Gasteiger partial charge in [0.05, 0.1) is 42.7 Å². The molecule has 3 rings (SSSR count). The first-order valence-electron chi connectivity index (χ1n) is 10.4. The van der Waals surface area contributed by atoms with E-state index in [0.717, 1.165) is 0 Å². The van der Waals surface area contributed by atoms with Crippen molar-refractivity contribution in [3.05, 3.63) is 76.1 Å². The first kappa shape index (κ1) is 23.5. The van der Waals surface area contributed by atoms with Crippen LogP contribution in [0.1, 0.15) is 71.2 Å². The molecule has 8 heteroatoms. The third kappa shape index (κ3) is 4.57. The molecule has 0 bridgehead atoms. The summed E-state index contributed by atoms with van der Waals surface area (Å²) < 4.78 is 12.2. The summed E-state index contributed by atoms with van der Waals surface area (Å²) in [7, 11) is 1.50. The summed E-state index contributed by atoms with van der Waals surface area (Å²) in [6.07, 6.45) is -1.20. The number of aliphatic hydroxyl groups is 1. The summed E-state index contributed by atoms with van der Waals surface area (Å²) >= 11 is 0. The molecule has 0 saturated heterocycles. The maximum absolute atomic E-state index is 12.9. The third-order valence-corrected chi connectivity index (χ3v) is 5.14. The number of aliphatic hydroxyl groups excluding tert-OH is 1. The Morgan fingerprint density at radius 1 is 1.12 bits per heavy atom. The number of aromatic nitrogens is 2. The lowest BCUT2D eigenvalue weighted by atomic mass is 9.94. The van der Waals surface area contributed by atoms with Gasteiger partial charge >= 0.3 is 5.97 Å². The van der Waals surface area contributed by atoms with Gasteiger partial charge < -0.3 is 14.6 Å². The van der Waals surface area contributed by atoms with Crippen molar-refractivity contribution in [3.8, 4) is 23.6 Å². The Labute approximate surface area is 192 Å². The van der Waals surface area contributed by atoms with Gasteiger partial charge in [-0.15, -0.1) is 0 Å². The Hall–Kier alpha value is -4.14. The van der Waals surface area contributed by atoms with Gasteiger partial charge in [0.1, 0.15) is 17.5 Å². The maximum atomic E-state index is 12.9. The second-order valence-corrected chi connectivity index (χ2v) is 7.57. The van der Waals surface area contributed by atoms with Crippen LogP contribution in [0.2, 0.25) is 0 Å². The van der Waals surface area contributed by atoms with Crippen molar-refractivity contribution in [2.75, 3.05) is 13.7 Å². The van der Waals surface area contributed by atoms with Crippen LogP contribution in [0.4, 0.5) is 0 Å². The van der Waals surface area contributed by atoms with Gasteiger partial charge in [0.25, 0.3) is 0 Å². The second-order valence-electron chi connectivity index (χ2n) is 7.57. The normalized spacial score (nSPS) is 11.5. The number of nitrogens with zero attached hydrogens (tertiary/aromatic N) is 4. The van der Waals surface area contributed by atoms with Crippen molar-refractivity contribution in [2.45, 2.75) is 32.8 Å². The molecule has 33 heavy (non-hydrogen) atoms. The first-order chi connectivity index (χ1) is 15.9. The highest BCUT2D eigenvalue weighted by Gasteiger charge is 2.32. The van der Waals surface area contributed by atoms with Gasteiger partial charge in [-0.05, 0) is 48.7 Å². The molecular formula is C25H24N4O4. The number of nitriles is 2. The molecule has 2 aromatic carbocycles. The van der Waals surface area contributed by atoms with Gasteiger partial charge in [-0.25, -0.2) is 9.48 Å². The highest BCUT2D eigenvalue weighted by atomic mass is 16.5. The fourth-order valence-corrected chi connectivity index (χ4v) is 3.63. The topological polar surface area (TPSA) is 121 Å². The number of hydrogen-bond donors (Lipinski definition) is 1. The Bertz CT molecular complexity index is 1250. The quantitative estimate of drug-likeness (QED) is 0.547. The zero-order valence-corrected chi connectivity index (χ0v) is 18.9. The number of carbonyl (C=O) groups is 1. The second kappa shape index (κ2) is 9.99. The van der Waals surface area contributed by atoms with E-state index in [9.17, 15) is 15.2 Å². The number of benzene rings is 2. The minimum absolute atomic E-state index is 0.0261. The SMILES string of the molecule is CCOC(=O)c1nn(-c2cc(C#N)ccc2OC)c(C(C)C)c1C(O)c1ccc(C#N)cc1. The van der Waals surface area contributed by atoms with Gasteiger partial charge in [0.2, 0.25) is 0 Å². The van der Waals surface area contributed by atoms with Crippen molar-refractivity contribution in [1.82, 2.24) is 9.78 Å². The smallest absolute Gasteiger partial charge is 0.359 e. The number of esters is 1. The predicted octanol–water partition coefficient (Wildman–Crippen LogP) is 4.01. The monoisotopic (exact) mass is 444 g/mol. The van der Waals surface area contributed by atoms with E-state index in [2.05, 4.69) is 11.2 Å². The molecule has 1 aromatic heterocycles. The molecule has 1 N–H and O–H groups in total. The molecular weight excluding hydrogens is 420 g/mol. The summed E-state index contributed by atoms with van der Waals surface area (Å²) in [5.41, 5.74) is 2.66. The molecule has 1 heterocycles. The van der Waals surface area contributed by atoms with E-state index in [1.165, 1.54) is 11.8 Å². The number of hydrogen-bond acceptors (Lipinski definition) is 7. The molecule has 0 fully saturated rings. The van der Waals surface area contributed by atoms with E-state index in [1.54, 1.807) is 49.4 Å². The minimum atomic E-state index is -1.20. The maximum Gasteiger partial charge on any atom is 0.359 e. The van der Waals surface area contributed by atoms with E-state index in [0.29, 0.717) is 39.4 Å². The molecule has 0 spiro atoms. The molecule has 3 aromatic rings. The van der Waals surface area contributed by atoms with Crippen molar-refractivity contribution in [2.24, 2.45) is 0 Å². The molecule has 0 saturated carbocycles. The number of methoxy groups -OCH3 is 1. The zero-order valence-electron chi connectivity index (χ0n) is 18.9. The van der Waals surface area contributed by atoms with Gasteiger partial charge in [0, 0.05) is 5.56 Å².